The molecule has 0 saturated carbocycles. The SMILES string of the molecule is C[C@H](NC(=O)CSc1nnc(NC[C@@H]2CCCO2)s1)c1cc2ccccc2o1. The van der Waals surface area contributed by atoms with Crippen LogP contribution in [0.4, 0.5) is 5.13 Å². The lowest BCUT2D eigenvalue weighted by Gasteiger charge is -2.10. The lowest BCUT2D eigenvalue weighted by molar-refractivity contribution is -0.119. The molecule has 1 aliphatic rings. The van der Waals surface area contributed by atoms with E-state index in [1.807, 2.05) is 37.3 Å². The van der Waals surface area contributed by atoms with E-state index in [0.717, 1.165) is 52.2 Å². The summed E-state index contributed by atoms with van der Waals surface area (Å²) in [5, 5.41) is 16.3. The first kappa shape index (κ1) is 19.2. The Balaban J connectivity index is 1.23. The Bertz CT molecular complexity index is 903. The van der Waals surface area contributed by atoms with Crippen LogP contribution < -0.4 is 10.6 Å². The highest BCUT2D eigenvalue weighted by Crippen LogP contribution is 2.27. The Morgan fingerprint density at radius 1 is 1.39 bits per heavy atom. The molecule has 0 unspecified atom stereocenters. The highest BCUT2D eigenvalue weighted by molar-refractivity contribution is 8.01. The number of para-hydroxylation sites is 1. The molecule has 0 radical (unpaired) electrons. The van der Waals surface area contributed by atoms with E-state index in [9.17, 15) is 4.79 Å². The van der Waals surface area contributed by atoms with Crippen LogP contribution in [0.1, 0.15) is 31.6 Å². The molecule has 9 heteroatoms. The normalized spacial score (nSPS) is 17.7. The number of amides is 1. The molecule has 0 bridgehead atoms. The second-order valence-electron chi connectivity index (χ2n) is 6.65. The van der Waals surface area contributed by atoms with Gasteiger partial charge in [-0.3, -0.25) is 4.79 Å². The molecule has 1 saturated heterocycles. The van der Waals surface area contributed by atoms with Gasteiger partial charge in [0.1, 0.15) is 11.3 Å². The number of carbonyl (C=O) groups is 1. The average molecular weight is 419 g/mol. The Labute approximate surface area is 171 Å². The largest absolute Gasteiger partial charge is 0.459 e. The van der Waals surface area contributed by atoms with E-state index in [4.69, 9.17) is 9.15 Å². The average Bonchev–Trinajstić information content (AvgIpc) is 3.45. The summed E-state index contributed by atoms with van der Waals surface area (Å²) in [6, 6.07) is 9.58. The third kappa shape index (κ3) is 4.84. The zero-order chi connectivity index (χ0) is 19.3. The molecular weight excluding hydrogens is 396 g/mol. The van der Waals surface area contributed by atoms with Gasteiger partial charge in [-0.2, -0.15) is 0 Å². The maximum absolute atomic E-state index is 12.3. The number of furan rings is 1. The predicted octanol–water partition coefficient (Wildman–Crippen LogP) is 3.84. The minimum atomic E-state index is -0.196. The van der Waals surface area contributed by atoms with Crippen molar-refractivity contribution in [2.75, 3.05) is 24.2 Å². The minimum Gasteiger partial charge on any atom is -0.459 e. The molecule has 4 rings (SSSR count). The van der Waals surface area contributed by atoms with E-state index >= 15 is 0 Å². The van der Waals surface area contributed by atoms with Crippen LogP contribution in [0.3, 0.4) is 0 Å². The molecule has 0 aliphatic carbocycles. The molecule has 2 atom stereocenters. The maximum atomic E-state index is 12.3. The van der Waals surface area contributed by atoms with Crippen molar-refractivity contribution in [3.63, 3.8) is 0 Å². The number of carbonyl (C=O) groups excluding carboxylic acids is 1. The van der Waals surface area contributed by atoms with Gasteiger partial charge in [0, 0.05) is 18.5 Å². The summed E-state index contributed by atoms with van der Waals surface area (Å²) in [6.07, 6.45) is 2.45. The number of rotatable bonds is 8. The molecule has 1 aliphatic heterocycles. The molecule has 148 valence electrons. The first-order valence-electron chi connectivity index (χ1n) is 9.27. The van der Waals surface area contributed by atoms with Crippen LogP contribution in [0.25, 0.3) is 11.0 Å². The van der Waals surface area contributed by atoms with Gasteiger partial charge < -0.3 is 19.8 Å². The molecule has 28 heavy (non-hydrogen) atoms. The van der Waals surface area contributed by atoms with Gasteiger partial charge in [0.2, 0.25) is 11.0 Å². The Kier molecular flexibility index (Phi) is 6.13. The molecule has 1 aromatic carbocycles. The smallest absolute Gasteiger partial charge is 0.231 e. The number of thioether (sulfide) groups is 1. The van der Waals surface area contributed by atoms with E-state index < -0.39 is 0 Å². The van der Waals surface area contributed by atoms with E-state index in [-0.39, 0.29) is 23.8 Å². The fourth-order valence-corrected chi connectivity index (χ4v) is 4.61. The van der Waals surface area contributed by atoms with Crippen molar-refractivity contribution < 1.29 is 13.9 Å². The first-order chi connectivity index (χ1) is 13.7. The highest BCUT2D eigenvalue weighted by atomic mass is 32.2. The Morgan fingerprint density at radius 2 is 2.29 bits per heavy atom. The van der Waals surface area contributed by atoms with Crippen LogP contribution in [-0.4, -0.2) is 41.1 Å². The lowest BCUT2D eigenvalue weighted by atomic mass is 10.2. The summed E-state index contributed by atoms with van der Waals surface area (Å²) in [4.78, 5) is 12.3. The van der Waals surface area contributed by atoms with Crippen molar-refractivity contribution in [2.45, 2.75) is 36.3 Å². The summed E-state index contributed by atoms with van der Waals surface area (Å²) >= 11 is 2.83. The molecule has 1 amide bonds. The third-order valence-electron chi connectivity index (χ3n) is 4.49. The quantitative estimate of drug-likeness (QED) is 0.537. The number of anilines is 1. The minimum absolute atomic E-state index is 0.0676. The van der Waals surface area contributed by atoms with Gasteiger partial charge in [0.05, 0.1) is 17.9 Å². The monoisotopic (exact) mass is 418 g/mol. The number of fused-ring (bicyclic) bond motifs is 1. The number of nitrogens with zero attached hydrogens (tertiary/aromatic N) is 2. The first-order valence-corrected chi connectivity index (χ1v) is 11.1. The van der Waals surface area contributed by atoms with Gasteiger partial charge in [-0.15, -0.1) is 10.2 Å². The Hall–Kier alpha value is -2.10. The van der Waals surface area contributed by atoms with E-state index in [1.165, 1.54) is 23.1 Å². The maximum Gasteiger partial charge on any atom is 0.231 e. The number of ether oxygens (including phenoxy) is 1. The van der Waals surface area contributed by atoms with Crippen LogP contribution in [0, 0.1) is 0 Å². The topological polar surface area (TPSA) is 89.3 Å². The molecule has 0 spiro atoms. The van der Waals surface area contributed by atoms with Crippen molar-refractivity contribution in [3.8, 4) is 0 Å². The molecule has 7 nitrogen and oxygen atoms in total. The third-order valence-corrected chi connectivity index (χ3v) is 6.50. The number of aromatic nitrogens is 2. The zero-order valence-electron chi connectivity index (χ0n) is 15.5. The van der Waals surface area contributed by atoms with Crippen LogP contribution in [0.5, 0.6) is 0 Å². The van der Waals surface area contributed by atoms with Crippen molar-refractivity contribution >= 4 is 45.1 Å². The van der Waals surface area contributed by atoms with Crippen LogP contribution in [0.2, 0.25) is 0 Å². The van der Waals surface area contributed by atoms with Crippen LogP contribution in [0.15, 0.2) is 39.1 Å². The molecule has 2 N–H and O–H groups in total. The van der Waals surface area contributed by atoms with E-state index in [0.29, 0.717) is 0 Å². The van der Waals surface area contributed by atoms with Gasteiger partial charge >= 0.3 is 0 Å². The summed E-state index contributed by atoms with van der Waals surface area (Å²) in [7, 11) is 0. The second kappa shape index (κ2) is 8.93. The van der Waals surface area contributed by atoms with Gasteiger partial charge in [0.25, 0.3) is 0 Å². The number of nitrogens with one attached hydrogen (secondary N) is 2. The standard InChI is InChI=1S/C19H22N4O3S2/c1-12(16-9-13-5-2-3-7-15(13)26-16)21-17(24)11-27-19-23-22-18(28-19)20-10-14-6-4-8-25-14/h2-3,5,7,9,12,14H,4,6,8,10-11H2,1H3,(H,20,22)(H,21,24)/t12-,14-/m0/s1. The highest BCUT2D eigenvalue weighted by Gasteiger charge is 2.17. The molecule has 2 aromatic heterocycles. The summed E-state index contributed by atoms with van der Waals surface area (Å²) in [6.45, 7) is 3.50. The van der Waals surface area contributed by atoms with Gasteiger partial charge in [-0.25, -0.2) is 0 Å². The summed E-state index contributed by atoms with van der Waals surface area (Å²) in [5.74, 6) is 0.961. The second-order valence-corrected chi connectivity index (χ2v) is 8.85. The molecule has 3 heterocycles. The summed E-state index contributed by atoms with van der Waals surface area (Å²) in [5.41, 5.74) is 0.824. The van der Waals surface area contributed by atoms with Gasteiger partial charge in [0.15, 0.2) is 4.34 Å². The van der Waals surface area contributed by atoms with Crippen LogP contribution in [-0.2, 0) is 9.53 Å². The molecule has 3 aromatic rings. The van der Waals surface area contributed by atoms with Crippen molar-refractivity contribution in [1.82, 2.24) is 15.5 Å². The number of benzene rings is 1. The fourth-order valence-electron chi connectivity index (χ4n) is 3.04. The lowest BCUT2D eigenvalue weighted by Crippen LogP contribution is -2.27. The van der Waals surface area contributed by atoms with Gasteiger partial charge in [-0.05, 0) is 31.9 Å². The molecular formula is C19H22N4O3S2. The fraction of sp³-hybridized carbons (Fsp3) is 0.421. The van der Waals surface area contributed by atoms with E-state index in [2.05, 4.69) is 20.8 Å². The number of hydrogen-bond donors (Lipinski definition) is 2. The summed E-state index contributed by atoms with van der Waals surface area (Å²) < 4.78 is 12.2. The van der Waals surface area contributed by atoms with Crippen LogP contribution >= 0.6 is 23.1 Å². The number of hydrogen-bond acceptors (Lipinski definition) is 8. The van der Waals surface area contributed by atoms with Crippen molar-refractivity contribution in [1.29, 1.82) is 0 Å². The van der Waals surface area contributed by atoms with Gasteiger partial charge in [-0.1, -0.05) is 41.3 Å². The Morgan fingerprint density at radius 3 is 3.11 bits per heavy atom. The predicted molar refractivity (Wildman–Crippen MR) is 111 cm³/mol. The molecule has 1 fully saturated rings. The van der Waals surface area contributed by atoms with E-state index in [1.54, 1.807) is 0 Å². The van der Waals surface area contributed by atoms with Crippen molar-refractivity contribution in [2.24, 2.45) is 0 Å². The van der Waals surface area contributed by atoms with Crippen molar-refractivity contribution in [3.05, 3.63) is 36.1 Å². The zero-order valence-corrected chi connectivity index (χ0v) is 17.1.